The van der Waals surface area contributed by atoms with E-state index in [0.717, 1.165) is 30.4 Å². The standard InChI is InChI=1S/C19H19FO4S/c1-23-19(22)13-3-2-4-15(9-13)24-17-6-5-12(10-16(17)20)18-14(11-21)7-8-25-18/h5-8,10-11,13,15H,2-4,9H2,1H3/t13-,15-/m0/s1. The fourth-order valence-corrected chi connectivity index (χ4v) is 4.06. The molecule has 1 fully saturated rings. The Hall–Kier alpha value is -2.21. The Kier molecular flexibility index (Phi) is 5.48. The average molecular weight is 362 g/mol. The van der Waals surface area contributed by atoms with E-state index in [4.69, 9.17) is 9.47 Å². The highest BCUT2D eigenvalue weighted by Crippen LogP contribution is 2.34. The Balaban J connectivity index is 1.73. The number of thiophene rings is 1. The van der Waals surface area contributed by atoms with Crippen molar-refractivity contribution in [3.8, 4) is 16.2 Å². The van der Waals surface area contributed by atoms with E-state index in [1.165, 1.54) is 24.5 Å². The van der Waals surface area contributed by atoms with Crippen LogP contribution in [0.1, 0.15) is 36.0 Å². The molecule has 1 aromatic carbocycles. The fourth-order valence-electron chi connectivity index (χ4n) is 3.20. The first-order valence-electron chi connectivity index (χ1n) is 8.19. The van der Waals surface area contributed by atoms with Gasteiger partial charge in [0.05, 0.1) is 19.1 Å². The Labute approximate surface area is 149 Å². The van der Waals surface area contributed by atoms with Crippen molar-refractivity contribution in [2.45, 2.75) is 31.8 Å². The first-order chi connectivity index (χ1) is 12.1. The number of halogens is 1. The van der Waals surface area contributed by atoms with Crippen molar-refractivity contribution in [3.63, 3.8) is 0 Å². The van der Waals surface area contributed by atoms with Crippen LogP contribution in [0, 0.1) is 11.7 Å². The molecule has 0 amide bonds. The molecule has 1 heterocycles. The molecule has 1 saturated carbocycles. The first kappa shape index (κ1) is 17.6. The quantitative estimate of drug-likeness (QED) is 0.581. The number of carbonyl (C=O) groups excluding carboxylic acids is 2. The number of hydrogen-bond acceptors (Lipinski definition) is 5. The third kappa shape index (κ3) is 3.90. The SMILES string of the molecule is COC(=O)[C@H]1CCC[C@H](Oc2ccc(-c3sccc3C=O)cc2F)C1. The Bertz CT molecular complexity index is 771. The highest BCUT2D eigenvalue weighted by molar-refractivity contribution is 7.14. The van der Waals surface area contributed by atoms with Gasteiger partial charge in [-0.15, -0.1) is 11.3 Å². The van der Waals surface area contributed by atoms with Gasteiger partial charge in [-0.1, -0.05) is 0 Å². The van der Waals surface area contributed by atoms with Crippen LogP contribution in [0.3, 0.4) is 0 Å². The van der Waals surface area contributed by atoms with Crippen molar-refractivity contribution < 1.29 is 23.5 Å². The maximum atomic E-state index is 14.5. The molecule has 3 rings (SSSR count). The van der Waals surface area contributed by atoms with E-state index in [-0.39, 0.29) is 23.7 Å². The molecule has 4 nitrogen and oxygen atoms in total. The largest absolute Gasteiger partial charge is 0.487 e. The zero-order valence-corrected chi connectivity index (χ0v) is 14.7. The van der Waals surface area contributed by atoms with Gasteiger partial charge in [-0.2, -0.15) is 0 Å². The summed E-state index contributed by atoms with van der Waals surface area (Å²) < 4.78 is 25.0. The predicted octanol–water partition coefficient (Wildman–Crippen LogP) is 4.48. The van der Waals surface area contributed by atoms with Gasteiger partial charge in [0.2, 0.25) is 0 Å². The fraction of sp³-hybridized carbons (Fsp3) is 0.368. The smallest absolute Gasteiger partial charge is 0.308 e. The molecule has 6 heteroatoms. The van der Waals surface area contributed by atoms with Crippen LogP contribution in [0.4, 0.5) is 4.39 Å². The summed E-state index contributed by atoms with van der Waals surface area (Å²) in [6, 6.07) is 6.43. The first-order valence-corrected chi connectivity index (χ1v) is 9.07. The summed E-state index contributed by atoms with van der Waals surface area (Å²) in [5.41, 5.74) is 1.20. The number of ether oxygens (including phenoxy) is 2. The molecule has 0 saturated heterocycles. The van der Waals surface area contributed by atoms with Crippen LogP contribution >= 0.6 is 11.3 Å². The van der Waals surface area contributed by atoms with E-state index in [0.29, 0.717) is 17.5 Å². The molecule has 0 bridgehead atoms. The number of benzene rings is 1. The third-order valence-electron chi connectivity index (χ3n) is 4.47. The highest BCUT2D eigenvalue weighted by Gasteiger charge is 2.29. The number of rotatable bonds is 5. The van der Waals surface area contributed by atoms with Gasteiger partial charge >= 0.3 is 5.97 Å². The van der Waals surface area contributed by atoms with E-state index in [2.05, 4.69) is 0 Å². The lowest BCUT2D eigenvalue weighted by atomic mass is 9.87. The zero-order valence-electron chi connectivity index (χ0n) is 13.9. The van der Waals surface area contributed by atoms with Crippen LogP contribution in [0.25, 0.3) is 10.4 Å². The molecule has 0 unspecified atom stereocenters. The van der Waals surface area contributed by atoms with Gasteiger partial charge in [0.15, 0.2) is 17.9 Å². The van der Waals surface area contributed by atoms with Crippen LogP contribution in [-0.2, 0) is 9.53 Å². The third-order valence-corrected chi connectivity index (χ3v) is 5.45. The van der Waals surface area contributed by atoms with Crippen molar-refractivity contribution in [2.75, 3.05) is 7.11 Å². The number of hydrogen-bond donors (Lipinski definition) is 0. The lowest BCUT2D eigenvalue weighted by molar-refractivity contribution is -0.147. The topological polar surface area (TPSA) is 52.6 Å². The minimum atomic E-state index is -0.469. The summed E-state index contributed by atoms with van der Waals surface area (Å²) in [5, 5.41) is 1.80. The van der Waals surface area contributed by atoms with Gasteiger partial charge in [0.1, 0.15) is 0 Å². The molecule has 0 radical (unpaired) electrons. The lowest BCUT2D eigenvalue weighted by Gasteiger charge is -2.28. The van der Waals surface area contributed by atoms with Crippen molar-refractivity contribution in [1.29, 1.82) is 0 Å². The maximum Gasteiger partial charge on any atom is 0.308 e. The molecular formula is C19H19FO4S. The molecular weight excluding hydrogens is 343 g/mol. The van der Waals surface area contributed by atoms with Crippen molar-refractivity contribution >= 4 is 23.6 Å². The van der Waals surface area contributed by atoms with Crippen molar-refractivity contribution in [2.24, 2.45) is 5.92 Å². The van der Waals surface area contributed by atoms with Gasteiger partial charge in [0.25, 0.3) is 0 Å². The van der Waals surface area contributed by atoms with Crippen LogP contribution in [-0.4, -0.2) is 25.5 Å². The predicted molar refractivity (Wildman–Crippen MR) is 93.5 cm³/mol. The lowest BCUT2D eigenvalue weighted by Crippen LogP contribution is -2.30. The van der Waals surface area contributed by atoms with Gasteiger partial charge in [0, 0.05) is 10.4 Å². The van der Waals surface area contributed by atoms with E-state index >= 15 is 0 Å². The van der Waals surface area contributed by atoms with Crippen LogP contribution in [0.2, 0.25) is 0 Å². The Morgan fingerprint density at radius 2 is 2.16 bits per heavy atom. The van der Waals surface area contributed by atoms with Crippen LogP contribution in [0.15, 0.2) is 29.6 Å². The molecule has 2 atom stereocenters. The molecule has 1 aliphatic carbocycles. The van der Waals surface area contributed by atoms with Gasteiger partial charge in [-0.05, 0) is 60.9 Å². The number of esters is 1. The second-order valence-electron chi connectivity index (χ2n) is 6.09. The Morgan fingerprint density at radius 3 is 2.88 bits per heavy atom. The zero-order chi connectivity index (χ0) is 17.8. The number of carbonyl (C=O) groups is 2. The minimum Gasteiger partial charge on any atom is -0.487 e. The summed E-state index contributed by atoms with van der Waals surface area (Å²) in [6.45, 7) is 0. The second-order valence-corrected chi connectivity index (χ2v) is 7.01. The molecule has 0 spiro atoms. The molecule has 0 N–H and O–H groups in total. The summed E-state index contributed by atoms with van der Waals surface area (Å²) in [4.78, 5) is 23.5. The molecule has 1 aromatic heterocycles. The highest BCUT2D eigenvalue weighted by atomic mass is 32.1. The van der Waals surface area contributed by atoms with Crippen molar-refractivity contribution in [3.05, 3.63) is 41.0 Å². The van der Waals surface area contributed by atoms with E-state index in [9.17, 15) is 14.0 Å². The molecule has 2 aromatic rings. The normalized spacial score (nSPS) is 20.1. The van der Waals surface area contributed by atoms with Crippen LogP contribution < -0.4 is 4.74 Å². The monoisotopic (exact) mass is 362 g/mol. The summed E-state index contributed by atoms with van der Waals surface area (Å²) in [5.74, 6) is -0.720. The van der Waals surface area contributed by atoms with Crippen LogP contribution in [0.5, 0.6) is 5.75 Å². The van der Waals surface area contributed by atoms with Gasteiger partial charge in [-0.25, -0.2) is 4.39 Å². The van der Waals surface area contributed by atoms with Gasteiger partial charge in [-0.3, -0.25) is 9.59 Å². The van der Waals surface area contributed by atoms with Crippen molar-refractivity contribution in [1.82, 2.24) is 0 Å². The summed E-state index contributed by atoms with van der Waals surface area (Å²) in [7, 11) is 1.38. The van der Waals surface area contributed by atoms with E-state index in [1.807, 2.05) is 0 Å². The summed E-state index contributed by atoms with van der Waals surface area (Å²) in [6.07, 6.45) is 3.51. The number of methoxy groups -OCH3 is 1. The molecule has 132 valence electrons. The average Bonchev–Trinajstić information content (AvgIpc) is 3.11. The summed E-state index contributed by atoms with van der Waals surface area (Å²) >= 11 is 1.39. The minimum absolute atomic E-state index is 0.170. The van der Waals surface area contributed by atoms with E-state index in [1.54, 1.807) is 23.6 Å². The molecule has 0 aliphatic heterocycles. The molecule has 25 heavy (non-hydrogen) atoms. The molecule has 1 aliphatic rings. The second kappa shape index (κ2) is 7.78. The van der Waals surface area contributed by atoms with Gasteiger partial charge < -0.3 is 9.47 Å². The number of aldehydes is 1. The maximum absolute atomic E-state index is 14.5. The Morgan fingerprint density at radius 1 is 1.32 bits per heavy atom. The van der Waals surface area contributed by atoms with E-state index < -0.39 is 5.82 Å².